The molecule has 29 heavy (non-hydrogen) atoms. The van der Waals surface area contributed by atoms with E-state index in [1.807, 2.05) is 0 Å². The summed E-state index contributed by atoms with van der Waals surface area (Å²) in [7, 11) is -4.33. The second kappa shape index (κ2) is 8.19. The lowest BCUT2D eigenvalue weighted by Gasteiger charge is -2.10. The predicted molar refractivity (Wildman–Crippen MR) is 93.6 cm³/mol. The summed E-state index contributed by atoms with van der Waals surface area (Å²) in [6.45, 7) is 0. The molecule has 2 rings (SSSR count). The summed E-state index contributed by atoms with van der Waals surface area (Å²) in [6.07, 6.45) is -4.37. The van der Waals surface area contributed by atoms with Gasteiger partial charge in [0.1, 0.15) is 23.9 Å². The Balaban J connectivity index is 2.39. The molecule has 0 radical (unpaired) electrons. The number of hydrogen-bond donors (Lipinski definition) is 1. The number of sulfone groups is 1. The molecule has 1 aromatic heterocycles. The Morgan fingerprint density at radius 1 is 1.07 bits per heavy atom. The molecule has 1 N–H and O–H groups in total. The van der Waals surface area contributed by atoms with Gasteiger partial charge in [-0.05, 0) is 30.3 Å². The fourth-order valence-electron chi connectivity index (χ4n) is 2.03. The fourth-order valence-corrected chi connectivity index (χ4v) is 3.73. The van der Waals surface area contributed by atoms with Crippen LogP contribution in [0.2, 0.25) is 5.02 Å². The van der Waals surface area contributed by atoms with Crippen LogP contribution in [0.4, 0.5) is 18.9 Å². The van der Waals surface area contributed by atoms with Gasteiger partial charge in [0.25, 0.3) is 0 Å². The summed E-state index contributed by atoms with van der Waals surface area (Å²) < 4.78 is 63.3. The number of aromatic nitrogens is 1. The van der Waals surface area contributed by atoms with Crippen molar-refractivity contribution in [2.45, 2.75) is 16.1 Å². The maximum atomic E-state index is 12.7. The molecule has 0 unspecified atom stereocenters. The second-order valence-electron chi connectivity index (χ2n) is 5.25. The number of nitrogens with zero attached hydrogens (tertiary/aromatic N) is 4. The zero-order valence-corrected chi connectivity index (χ0v) is 15.6. The summed E-state index contributed by atoms with van der Waals surface area (Å²) in [6, 6.07) is 9.83. The van der Waals surface area contributed by atoms with E-state index < -0.39 is 37.2 Å². The number of nitrogens with one attached hydrogen (secondary N) is 1. The first kappa shape index (κ1) is 21.7. The van der Waals surface area contributed by atoms with E-state index in [1.54, 1.807) is 6.07 Å². The highest BCUT2D eigenvalue weighted by atomic mass is 35.5. The van der Waals surface area contributed by atoms with E-state index in [4.69, 9.17) is 27.4 Å². The van der Waals surface area contributed by atoms with Gasteiger partial charge >= 0.3 is 6.18 Å². The number of nitriles is 3. The largest absolute Gasteiger partial charge is 0.417 e. The first-order chi connectivity index (χ1) is 13.5. The minimum absolute atomic E-state index is 0.190. The summed E-state index contributed by atoms with van der Waals surface area (Å²) in [4.78, 5) is 3.03. The molecule has 0 saturated heterocycles. The van der Waals surface area contributed by atoms with Crippen LogP contribution in [0.25, 0.3) is 0 Å². The topological polar surface area (TPSA) is 130 Å². The molecule has 0 bridgehead atoms. The summed E-state index contributed by atoms with van der Waals surface area (Å²) >= 11 is 5.70. The number of benzene rings is 1. The molecule has 2 aromatic rings. The molecule has 0 fully saturated rings. The standard InChI is InChI=1S/C17H7ClF3N5O2S/c18-14-5-11(17(19,20)21)9-25-16(14)29(27,28)13-3-1-12(2-4-13)26-15(8-24)10(6-22)7-23/h1-5,9,26H. The Kier molecular flexibility index (Phi) is 6.13. The second-order valence-corrected chi connectivity index (χ2v) is 7.52. The van der Waals surface area contributed by atoms with Crippen LogP contribution in [0.5, 0.6) is 0 Å². The Labute approximate surface area is 167 Å². The van der Waals surface area contributed by atoms with E-state index >= 15 is 0 Å². The van der Waals surface area contributed by atoms with Crippen molar-refractivity contribution in [3.05, 3.63) is 58.4 Å². The molecule has 12 heteroatoms. The number of halogens is 4. The van der Waals surface area contributed by atoms with Crippen LogP contribution in [0.1, 0.15) is 5.56 Å². The SMILES string of the molecule is N#CC(C#N)=C(C#N)Nc1ccc(S(=O)(=O)c2ncc(C(F)(F)F)cc2Cl)cc1. The maximum Gasteiger partial charge on any atom is 0.417 e. The molecule has 0 spiro atoms. The molecule has 0 saturated carbocycles. The lowest BCUT2D eigenvalue weighted by Crippen LogP contribution is -2.10. The summed E-state index contributed by atoms with van der Waals surface area (Å²) in [5, 5.41) is 27.6. The third-order valence-electron chi connectivity index (χ3n) is 3.41. The highest BCUT2D eigenvalue weighted by Crippen LogP contribution is 2.33. The van der Waals surface area contributed by atoms with E-state index in [2.05, 4.69) is 10.3 Å². The highest BCUT2D eigenvalue weighted by molar-refractivity contribution is 7.91. The van der Waals surface area contributed by atoms with Gasteiger partial charge in [0.05, 0.1) is 15.5 Å². The minimum atomic E-state index is -4.73. The van der Waals surface area contributed by atoms with Crippen LogP contribution in [0, 0.1) is 34.0 Å². The third-order valence-corrected chi connectivity index (χ3v) is 5.54. The van der Waals surface area contributed by atoms with Gasteiger partial charge in [0.15, 0.2) is 10.6 Å². The van der Waals surface area contributed by atoms with E-state index in [1.165, 1.54) is 24.3 Å². The van der Waals surface area contributed by atoms with Gasteiger partial charge in [-0.2, -0.15) is 29.0 Å². The molecule has 146 valence electrons. The zero-order valence-electron chi connectivity index (χ0n) is 14.0. The van der Waals surface area contributed by atoms with Gasteiger partial charge < -0.3 is 5.32 Å². The van der Waals surface area contributed by atoms with Crippen molar-refractivity contribution in [1.29, 1.82) is 15.8 Å². The summed E-state index contributed by atoms with van der Waals surface area (Å²) in [5.41, 5.74) is -1.81. The quantitative estimate of drug-likeness (QED) is 0.719. The van der Waals surface area contributed by atoms with E-state index in [9.17, 15) is 21.6 Å². The van der Waals surface area contributed by atoms with Crippen molar-refractivity contribution >= 4 is 27.1 Å². The van der Waals surface area contributed by atoms with Crippen molar-refractivity contribution in [2.75, 3.05) is 5.32 Å². The fraction of sp³-hybridized carbons (Fsp3) is 0.0588. The van der Waals surface area contributed by atoms with Crippen LogP contribution in [-0.2, 0) is 16.0 Å². The maximum absolute atomic E-state index is 12.7. The smallest absolute Gasteiger partial charge is 0.345 e. The van der Waals surface area contributed by atoms with Gasteiger partial charge in [0.2, 0.25) is 9.84 Å². The highest BCUT2D eigenvalue weighted by Gasteiger charge is 2.33. The number of rotatable bonds is 4. The normalized spacial score (nSPS) is 10.9. The lowest BCUT2D eigenvalue weighted by molar-refractivity contribution is -0.137. The van der Waals surface area contributed by atoms with Crippen LogP contribution >= 0.6 is 11.6 Å². The Morgan fingerprint density at radius 2 is 1.66 bits per heavy atom. The van der Waals surface area contributed by atoms with Gasteiger partial charge in [-0.1, -0.05) is 11.6 Å². The van der Waals surface area contributed by atoms with E-state index in [0.717, 1.165) is 12.1 Å². The molecule has 1 aromatic carbocycles. The van der Waals surface area contributed by atoms with Gasteiger partial charge in [-0.15, -0.1) is 0 Å². The predicted octanol–water partition coefficient (Wildman–Crippen LogP) is 3.82. The first-order valence-electron chi connectivity index (χ1n) is 7.34. The molecular weight excluding hydrogens is 431 g/mol. The van der Waals surface area contributed by atoms with Crippen molar-refractivity contribution in [3.8, 4) is 18.2 Å². The molecular formula is C17H7ClF3N5O2S. The average molecular weight is 438 g/mol. The van der Waals surface area contributed by atoms with Crippen LogP contribution in [0.3, 0.4) is 0 Å². The monoisotopic (exact) mass is 437 g/mol. The number of anilines is 1. The van der Waals surface area contributed by atoms with Crippen LogP contribution < -0.4 is 5.32 Å². The average Bonchev–Trinajstić information content (AvgIpc) is 2.67. The third kappa shape index (κ3) is 4.64. The van der Waals surface area contributed by atoms with E-state index in [-0.39, 0.29) is 16.3 Å². The van der Waals surface area contributed by atoms with Crippen molar-refractivity contribution in [2.24, 2.45) is 0 Å². The van der Waals surface area contributed by atoms with E-state index in [0.29, 0.717) is 12.3 Å². The minimum Gasteiger partial charge on any atom is -0.345 e. The molecule has 0 atom stereocenters. The summed E-state index contributed by atoms with van der Waals surface area (Å²) in [5.74, 6) is 0. The number of hydrogen-bond acceptors (Lipinski definition) is 7. The van der Waals surface area contributed by atoms with Gasteiger partial charge in [-0.25, -0.2) is 13.4 Å². The zero-order chi connectivity index (χ0) is 21.8. The molecule has 0 aliphatic heterocycles. The Bertz CT molecular complexity index is 1200. The number of allylic oxidation sites excluding steroid dienone is 2. The van der Waals surface area contributed by atoms with Crippen molar-refractivity contribution < 1.29 is 21.6 Å². The molecule has 0 amide bonds. The van der Waals surface area contributed by atoms with Gasteiger partial charge in [0, 0.05) is 11.9 Å². The molecule has 1 heterocycles. The molecule has 7 nitrogen and oxygen atoms in total. The van der Waals surface area contributed by atoms with Crippen molar-refractivity contribution in [3.63, 3.8) is 0 Å². The van der Waals surface area contributed by atoms with Crippen molar-refractivity contribution in [1.82, 2.24) is 4.98 Å². The first-order valence-corrected chi connectivity index (χ1v) is 9.20. The van der Waals surface area contributed by atoms with Gasteiger partial charge in [-0.3, -0.25) is 0 Å². The Hall–Kier alpha value is -3.59. The van der Waals surface area contributed by atoms with Crippen LogP contribution in [0.15, 0.2) is 57.7 Å². The molecule has 0 aliphatic carbocycles. The Morgan fingerprint density at radius 3 is 2.10 bits per heavy atom. The number of alkyl halides is 3. The molecule has 0 aliphatic rings. The van der Waals surface area contributed by atoms with Crippen LogP contribution in [-0.4, -0.2) is 13.4 Å². The number of pyridine rings is 1. The lowest BCUT2D eigenvalue weighted by atomic mass is 10.2.